The number of nitrogens with zero attached hydrogens (tertiary/aromatic N) is 2. The Morgan fingerprint density at radius 2 is 1.69 bits per heavy atom. The fraction of sp³-hybridized carbons (Fsp3) is 0.120. The summed E-state index contributed by atoms with van der Waals surface area (Å²) in [5, 5.41) is 0.678. The minimum Gasteiger partial charge on any atom is -0.489 e. The van der Waals surface area contributed by atoms with E-state index in [1.807, 2.05) is 66.7 Å². The van der Waals surface area contributed by atoms with Crippen LogP contribution in [0.4, 0.5) is 0 Å². The molecule has 142 valence electrons. The Labute approximate surface area is 168 Å². The number of ether oxygens (including phenoxy) is 1. The van der Waals surface area contributed by atoms with Gasteiger partial charge in [0.25, 0.3) is 5.56 Å². The molecule has 0 radical (unpaired) electrons. The van der Waals surface area contributed by atoms with Gasteiger partial charge in [0.05, 0.1) is 10.9 Å². The number of hydrogen-bond acceptors (Lipinski definition) is 3. The highest BCUT2D eigenvalue weighted by atomic mass is 16.5. The van der Waals surface area contributed by atoms with E-state index < -0.39 is 0 Å². The first-order chi connectivity index (χ1) is 14.3. The number of aryl methyl sites for hydroxylation is 1. The molecule has 0 bridgehead atoms. The maximum Gasteiger partial charge on any atom is 0.281 e. The molecular formula is C25H20N2O2. The van der Waals surface area contributed by atoms with Crippen LogP contribution in [0.5, 0.6) is 5.75 Å². The first-order valence-corrected chi connectivity index (χ1v) is 9.75. The lowest BCUT2D eigenvalue weighted by Crippen LogP contribution is -2.14. The molecule has 0 fully saturated rings. The molecule has 0 saturated carbocycles. The Morgan fingerprint density at radius 3 is 2.52 bits per heavy atom. The molecule has 0 unspecified atom stereocenters. The molecule has 3 aromatic carbocycles. The van der Waals surface area contributed by atoms with Crippen molar-refractivity contribution in [1.29, 1.82) is 0 Å². The lowest BCUT2D eigenvalue weighted by Gasteiger charge is -2.08. The molecule has 4 heteroatoms. The molecule has 0 saturated heterocycles. The molecule has 0 aliphatic carbocycles. The van der Waals surface area contributed by atoms with Gasteiger partial charge in [-0.15, -0.1) is 0 Å². The zero-order chi connectivity index (χ0) is 19.6. The van der Waals surface area contributed by atoms with Gasteiger partial charge in [-0.1, -0.05) is 54.6 Å². The molecular weight excluding hydrogens is 360 g/mol. The number of hydrogen-bond donors (Lipinski definition) is 0. The molecule has 1 aromatic heterocycles. The largest absolute Gasteiger partial charge is 0.489 e. The second-order valence-corrected chi connectivity index (χ2v) is 7.17. The van der Waals surface area contributed by atoms with Gasteiger partial charge in [0, 0.05) is 6.54 Å². The van der Waals surface area contributed by atoms with Gasteiger partial charge in [-0.25, -0.2) is 0 Å². The van der Waals surface area contributed by atoms with E-state index in [1.54, 1.807) is 0 Å². The lowest BCUT2D eigenvalue weighted by molar-refractivity contribution is 0.306. The first-order valence-electron chi connectivity index (χ1n) is 9.75. The van der Waals surface area contributed by atoms with Gasteiger partial charge in [-0.3, -0.25) is 4.79 Å². The summed E-state index contributed by atoms with van der Waals surface area (Å²) in [6, 6.07) is 25.8. The minimum atomic E-state index is -0.163. The van der Waals surface area contributed by atoms with E-state index in [0.717, 1.165) is 46.8 Å². The van der Waals surface area contributed by atoms with Gasteiger partial charge in [-0.05, 0) is 53.5 Å². The van der Waals surface area contributed by atoms with Gasteiger partial charge in [0.1, 0.15) is 18.2 Å². The first kappa shape index (κ1) is 17.4. The minimum absolute atomic E-state index is 0.163. The summed E-state index contributed by atoms with van der Waals surface area (Å²) in [5.74, 6) is 1.61. The van der Waals surface area contributed by atoms with Crippen molar-refractivity contribution in [3.8, 4) is 5.75 Å². The Bertz CT molecular complexity index is 1260. The second-order valence-electron chi connectivity index (χ2n) is 7.17. The Morgan fingerprint density at radius 1 is 0.931 bits per heavy atom. The molecule has 1 aliphatic rings. The summed E-state index contributed by atoms with van der Waals surface area (Å²) in [4.78, 5) is 16.8. The average molecular weight is 380 g/mol. The SMILES string of the molecule is O=c1nc2n(c3ccccc13)CC/C2=C\c1ccc(OCc2ccccc2)cc1. The molecule has 4 nitrogen and oxygen atoms in total. The molecule has 29 heavy (non-hydrogen) atoms. The zero-order valence-corrected chi connectivity index (χ0v) is 15.9. The second kappa shape index (κ2) is 7.40. The van der Waals surface area contributed by atoms with Crippen LogP contribution in [0.3, 0.4) is 0 Å². The van der Waals surface area contributed by atoms with Crippen LogP contribution >= 0.6 is 0 Å². The smallest absolute Gasteiger partial charge is 0.281 e. The van der Waals surface area contributed by atoms with Crippen molar-refractivity contribution < 1.29 is 4.74 Å². The predicted molar refractivity (Wildman–Crippen MR) is 116 cm³/mol. The van der Waals surface area contributed by atoms with Crippen LogP contribution in [0.2, 0.25) is 0 Å². The molecule has 1 aliphatic heterocycles. The van der Waals surface area contributed by atoms with Crippen molar-refractivity contribution in [2.24, 2.45) is 0 Å². The third-order valence-corrected chi connectivity index (χ3v) is 5.25. The topological polar surface area (TPSA) is 44.1 Å². The number of rotatable bonds is 4. The van der Waals surface area contributed by atoms with Crippen LogP contribution < -0.4 is 10.3 Å². The van der Waals surface area contributed by atoms with Gasteiger partial charge in [0.2, 0.25) is 0 Å². The van der Waals surface area contributed by atoms with E-state index in [0.29, 0.717) is 12.0 Å². The number of benzene rings is 3. The van der Waals surface area contributed by atoms with E-state index in [1.165, 1.54) is 0 Å². The summed E-state index contributed by atoms with van der Waals surface area (Å²) in [6.45, 7) is 1.39. The highest BCUT2D eigenvalue weighted by Gasteiger charge is 2.20. The van der Waals surface area contributed by atoms with Crippen LogP contribution in [0.25, 0.3) is 22.6 Å². The third-order valence-electron chi connectivity index (χ3n) is 5.25. The number of fused-ring (bicyclic) bond motifs is 3. The van der Waals surface area contributed by atoms with Gasteiger partial charge >= 0.3 is 0 Å². The highest BCUT2D eigenvalue weighted by Crippen LogP contribution is 2.29. The van der Waals surface area contributed by atoms with Crippen molar-refractivity contribution in [3.05, 3.63) is 106 Å². The Hall–Kier alpha value is -3.66. The number of para-hydroxylation sites is 1. The van der Waals surface area contributed by atoms with Crippen LogP contribution in [0, 0.1) is 0 Å². The van der Waals surface area contributed by atoms with Crippen LogP contribution in [-0.2, 0) is 13.2 Å². The van der Waals surface area contributed by atoms with Crippen molar-refractivity contribution >= 4 is 22.6 Å². The normalized spacial score (nSPS) is 14.3. The highest BCUT2D eigenvalue weighted by molar-refractivity contribution is 5.85. The Balaban J connectivity index is 1.39. The fourth-order valence-electron chi connectivity index (χ4n) is 3.78. The Kier molecular flexibility index (Phi) is 4.45. The maximum atomic E-state index is 12.4. The quantitative estimate of drug-likeness (QED) is 0.505. The number of aromatic nitrogens is 2. The molecule has 5 rings (SSSR count). The standard InChI is InChI=1S/C25H20N2O2/c28-25-22-8-4-5-9-23(22)27-15-14-20(24(27)26-25)16-18-10-12-21(13-11-18)29-17-19-6-2-1-3-7-19/h1-13,16H,14-15,17H2/b20-16+. The van der Waals surface area contributed by atoms with E-state index >= 15 is 0 Å². The van der Waals surface area contributed by atoms with Gasteiger partial charge in [-0.2, -0.15) is 4.98 Å². The van der Waals surface area contributed by atoms with Crippen molar-refractivity contribution in [2.75, 3.05) is 0 Å². The molecule has 0 spiro atoms. The predicted octanol–water partition coefficient (Wildman–Crippen LogP) is 4.92. The molecule has 0 atom stereocenters. The molecule has 2 heterocycles. The van der Waals surface area contributed by atoms with E-state index in [-0.39, 0.29) is 5.56 Å². The van der Waals surface area contributed by atoms with Crippen LogP contribution in [0.1, 0.15) is 23.4 Å². The summed E-state index contributed by atoms with van der Waals surface area (Å²) >= 11 is 0. The van der Waals surface area contributed by atoms with E-state index in [2.05, 4.69) is 27.8 Å². The number of allylic oxidation sites excluding steroid dienone is 1. The van der Waals surface area contributed by atoms with Gasteiger partial charge < -0.3 is 9.30 Å². The monoisotopic (exact) mass is 380 g/mol. The van der Waals surface area contributed by atoms with Crippen molar-refractivity contribution in [2.45, 2.75) is 19.6 Å². The van der Waals surface area contributed by atoms with E-state index in [4.69, 9.17) is 4.74 Å². The third kappa shape index (κ3) is 3.45. The van der Waals surface area contributed by atoms with E-state index in [9.17, 15) is 4.79 Å². The molecule has 0 N–H and O–H groups in total. The molecule has 4 aromatic rings. The van der Waals surface area contributed by atoms with Crippen LogP contribution in [0.15, 0.2) is 83.7 Å². The fourth-order valence-corrected chi connectivity index (χ4v) is 3.78. The molecule has 0 amide bonds. The van der Waals surface area contributed by atoms with Crippen molar-refractivity contribution in [3.63, 3.8) is 0 Å². The lowest BCUT2D eigenvalue weighted by atomic mass is 10.1. The average Bonchev–Trinajstić information content (AvgIpc) is 3.17. The zero-order valence-electron chi connectivity index (χ0n) is 15.9. The van der Waals surface area contributed by atoms with Crippen molar-refractivity contribution in [1.82, 2.24) is 9.55 Å². The summed E-state index contributed by atoms with van der Waals surface area (Å²) in [7, 11) is 0. The van der Waals surface area contributed by atoms with Gasteiger partial charge in [0.15, 0.2) is 0 Å². The summed E-state index contributed by atoms with van der Waals surface area (Å²) in [6.07, 6.45) is 2.98. The summed E-state index contributed by atoms with van der Waals surface area (Å²) < 4.78 is 8.00. The summed E-state index contributed by atoms with van der Waals surface area (Å²) in [5.41, 5.74) is 4.10. The van der Waals surface area contributed by atoms with Crippen LogP contribution in [-0.4, -0.2) is 9.55 Å². The maximum absolute atomic E-state index is 12.4.